The molecule has 0 spiro atoms. The molecular formula is C34H44ClN5O7S. The van der Waals surface area contributed by atoms with Crippen molar-refractivity contribution < 1.29 is 32.0 Å². The highest BCUT2D eigenvalue weighted by Gasteiger charge is 2.44. The highest BCUT2D eigenvalue weighted by Crippen LogP contribution is 2.26. The van der Waals surface area contributed by atoms with Gasteiger partial charge in [-0.3, -0.25) is 14.4 Å². The largest absolute Gasteiger partial charge is 0.434 e. The number of halogens is 1. The number of Topliss-reactive ketones (excluding diaryl/α,β-unsaturated/α-hetero) is 1. The van der Waals surface area contributed by atoms with Crippen molar-refractivity contribution >= 4 is 50.3 Å². The van der Waals surface area contributed by atoms with E-state index in [-0.39, 0.29) is 37.6 Å². The molecule has 12 nitrogen and oxygen atoms in total. The van der Waals surface area contributed by atoms with E-state index >= 15 is 0 Å². The van der Waals surface area contributed by atoms with Crippen LogP contribution in [0.25, 0.3) is 11.1 Å². The van der Waals surface area contributed by atoms with Crippen molar-refractivity contribution in [3.05, 3.63) is 65.0 Å². The Balaban J connectivity index is 1.35. The number of sulfonamides is 1. The summed E-state index contributed by atoms with van der Waals surface area (Å²) in [5.41, 5.74) is 1.86. The van der Waals surface area contributed by atoms with Crippen LogP contribution in [0.3, 0.4) is 0 Å². The van der Waals surface area contributed by atoms with Crippen LogP contribution in [0, 0.1) is 5.92 Å². The molecule has 2 aliphatic rings. The number of benzene rings is 2. The van der Waals surface area contributed by atoms with Gasteiger partial charge in [-0.1, -0.05) is 42.8 Å². The van der Waals surface area contributed by atoms with Crippen LogP contribution in [0.4, 0.5) is 0 Å². The van der Waals surface area contributed by atoms with Crippen LogP contribution >= 0.6 is 11.6 Å². The Bertz CT molecular complexity index is 1640. The van der Waals surface area contributed by atoms with Gasteiger partial charge in [0.05, 0.1) is 24.5 Å². The van der Waals surface area contributed by atoms with Crippen LogP contribution in [0.1, 0.15) is 68.6 Å². The second-order valence-corrected chi connectivity index (χ2v) is 14.9. The number of oxazole rings is 1. The number of fused-ring (bicyclic) bond motifs is 1. The van der Waals surface area contributed by atoms with E-state index in [4.69, 9.17) is 20.8 Å². The number of aromatic nitrogens is 1. The van der Waals surface area contributed by atoms with Crippen LogP contribution in [-0.2, 0) is 31.0 Å². The van der Waals surface area contributed by atoms with E-state index in [1.54, 1.807) is 43.3 Å². The molecule has 2 saturated heterocycles. The quantitative estimate of drug-likeness (QED) is 0.200. The smallest absolute Gasteiger partial charge is 0.266 e. The lowest BCUT2D eigenvalue weighted by Crippen LogP contribution is -2.55. The number of carbonyl (C=O) groups excluding carboxylic acids is 3. The number of nitrogens with zero attached hydrogens (tertiary/aromatic N) is 2. The zero-order chi connectivity index (χ0) is 34.3. The first kappa shape index (κ1) is 35.9. The Morgan fingerprint density at radius 2 is 1.81 bits per heavy atom. The van der Waals surface area contributed by atoms with Crippen LogP contribution in [-0.4, -0.2) is 85.5 Å². The lowest BCUT2D eigenvalue weighted by molar-refractivity contribution is -0.140. The molecule has 2 amide bonds. The molecule has 0 saturated carbocycles. The fraction of sp³-hybridized carbons (Fsp3) is 0.529. The van der Waals surface area contributed by atoms with Gasteiger partial charge in [0.15, 0.2) is 5.58 Å². The van der Waals surface area contributed by atoms with Gasteiger partial charge in [-0.25, -0.2) is 18.1 Å². The molecule has 5 rings (SSSR count). The van der Waals surface area contributed by atoms with Gasteiger partial charge in [-0.15, -0.1) is 0 Å². The molecule has 2 aromatic carbocycles. The van der Waals surface area contributed by atoms with Gasteiger partial charge in [0.1, 0.15) is 17.6 Å². The first-order chi connectivity index (χ1) is 23.1. The summed E-state index contributed by atoms with van der Waals surface area (Å²) in [5, 5.41) is 6.74. The van der Waals surface area contributed by atoms with E-state index in [1.165, 1.54) is 11.8 Å². The molecular weight excluding hydrogens is 658 g/mol. The minimum Gasteiger partial charge on any atom is -0.434 e. The normalized spacial score (nSPS) is 20.1. The summed E-state index contributed by atoms with van der Waals surface area (Å²) in [6.07, 6.45) is 2.78. The van der Waals surface area contributed by atoms with Crippen LogP contribution in [0.15, 0.2) is 52.9 Å². The van der Waals surface area contributed by atoms with Gasteiger partial charge < -0.3 is 24.7 Å². The van der Waals surface area contributed by atoms with Gasteiger partial charge in [0, 0.05) is 18.0 Å². The van der Waals surface area contributed by atoms with Gasteiger partial charge in [0.2, 0.25) is 27.6 Å². The Morgan fingerprint density at radius 1 is 1.08 bits per heavy atom. The molecule has 2 aliphatic heterocycles. The zero-order valence-corrected chi connectivity index (χ0v) is 28.9. The second-order valence-electron chi connectivity index (χ2n) is 12.5. The molecule has 0 bridgehead atoms. The van der Waals surface area contributed by atoms with Crippen molar-refractivity contribution in [2.24, 2.45) is 5.92 Å². The average molecular weight is 702 g/mol. The first-order valence-corrected chi connectivity index (χ1v) is 18.7. The van der Waals surface area contributed by atoms with E-state index in [0.717, 1.165) is 31.5 Å². The van der Waals surface area contributed by atoms with Crippen molar-refractivity contribution in [3.8, 4) is 0 Å². The molecule has 3 aromatic rings. The highest BCUT2D eigenvalue weighted by atomic mass is 35.5. The molecule has 0 unspecified atom stereocenters. The summed E-state index contributed by atoms with van der Waals surface area (Å²) in [4.78, 5) is 47.3. The number of nitrogens with one attached hydrogen (secondary N) is 3. The number of hydrogen-bond acceptors (Lipinski definition) is 9. The molecule has 260 valence electrons. The fourth-order valence-corrected chi connectivity index (χ4v) is 7.20. The molecule has 3 N–H and O–H groups in total. The van der Waals surface area contributed by atoms with Gasteiger partial charge >= 0.3 is 0 Å². The lowest BCUT2D eigenvalue weighted by atomic mass is 9.91. The van der Waals surface area contributed by atoms with Crippen molar-refractivity contribution in [1.82, 2.24) is 25.2 Å². The average Bonchev–Trinajstić information content (AvgIpc) is 3.74. The molecule has 3 heterocycles. The minimum atomic E-state index is -3.74. The van der Waals surface area contributed by atoms with Crippen molar-refractivity contribution in [2.45, 2.75) is 83.2 Å². The zero-order valence-electron chi connectivity index (χ0n) is 27.3. The minimum absolute atomic E-state index is 0.0814. The second kappa shape index (κ2) is 16.4. The van der Waals surface area contributed by atoms with Crippen molar-refractivity contribution in [1.29, 1.82) is 0 Å². The SMILES string of the molecule is CC[C@H](NC(=O)[C@@H]1C[C@@H](OCc2ccc(Cl)cc2)CN1C(=O)[C@@H](CCC1CCNCC1)NS(=O)(=O)CC)C(=O)c1nc2ccccc2o1. The van der Waals surface area contributed by atoms with Gasteiger partial charge in [-0.05, 0) is 87.9 Å². The Hall–Kier alpha value is -3.36. The number of ether oxygens (including phenoxy) is 1. The van der Waals surface area contributed by atoms with Crippen LogP contribution < -0.4 is 15.4 Å². The topological polar surface area (TPSA) is 160 Å². The van der Waals surface area contributed by atoms with Crippen LogP contribution in [0.2, 0.25) is 5.02 Å². The third-order valence-corrected chi connectivity index (χ3v) is 10.8. The maximum Gasteiger partial charge on any atom is 0.266 e. The molecule has 14 heteroatoms. The predicted octanol–water partition coefficient (Wildman–Crippen LogP) is 3.83. The Labute approximate surface area is 286 Å². The summed E-state index contributed by atoms with van der Waals surface area (Å²) in [5.74, 6) is -1.44. The number of amides is 2. The van der Waals surface area contributed by atoms with E-state index in [0.29, 0.717) is 34.9 Å². The van der Waals surface area contributed by atoms with Gasteiger partial charge in [0.25, 0.3) is 5.89 Å². The first-order valence-electron chi connectivity index (χ1n) is 16.6. The molecule has 48 heavy (non-hydrogen) atoms. The monoisotopic (exact) mass is 701 g/mol. The van der Waals surface area contributed by atoms with Crippen LogP contribution in [0.5, 0.6) is 0 Å². The number of hydrogen-bond donors (Lipinski definition) is 3. The summed E-state index contributed by atoms with van der Waals surface area (Å²) in [6.45, 7) is 5.35. The number of piperidine rings is 1. The summed E-state index contributed by atoms with van der Waals surface area (Å²) < 4.78 is 39.9. The van der Waals surface area contributed by atoms with E-state index in [1.807, 2.05) is 12.1 Å². The number of ketones is 1. The number of rotatable bonds is 15. The van der Waals surface area contributed by atoms with E-state index < -0.39 is 51.9 Å². The Kier molecular flexibility index (Phi) is 12.2. The summed E-state index contributed by atoms with van der Waals surface area (Å²) in [7, 11) is -3.74. The molecule has 1 aromatic heterocycles. The lowest BCUT2D eigenvalue weighted by Gasteiger charge is -2.30. The maximum absolute atomic E-state index is 14.2. The molecule has 4 atom stereocenters. The highest BCUT2D eigenvalue weighted by molar-refractivity contribution is 7.89. The number of carbonyl (C=O) groups is 3. The third kappa shape index (κ3) is 9.20. The van der Waals surface area contributed by atoms with E-state index in [2.05, 4.69) is 20.3 Å². The summed E-state index contributed by atoms with van der Waals surface area (Å²) >= 11 is 6.03. The molecule has 0 radical (unpaired) electrons. The van der Waals surface area contributed by atoms with E-state index in [9.17, 15) is 22.8 Å². The number of para-hydroxylation sites is 2. The fourth-order valence-electron chi connectivity index (χ4n) is 6.26. The standard InChI is InChI=1S/C34H44ClN5O7S/c1-3-26(31(41)33-38-27-7-5-6-8-30(27)47-33)37-32(42)29-19-25(46-21-23-9-12-24(35)13-10-23)20-40(29)34(43)28(39-48(44,45)4-2)14-11-22-15-17-36-18-16-22/h5-10,12-13,22,25-26,28-29,36,39H,3-4,11,14-21H2,1-2H3,(H,37,42)/t25-,26+,28-,29+/m1/s1. The van der Waals surface area contributed by atoms with Crippen molar-refractivity contribution in [3.63, 3.8) is 0 Å². The Morgan fingerprint density at radius 3 is 2.50 bits per heavy atom. The third-order valence-electron chi connectivity index (χ3n) is 9.12. The predicted molar refractivity (Wildman–Crippen MR) is 182 cm³/mol. The maximum atomic E-state index is 14.2. The summed E-state index contributed by atoms with van der Waals surface area (Å²) in [6, 6.07) is 11.2. The van der Waals surface area contributed by atoms with Crippen molar-refractivity contribution in [2.75, 3.05) is 25.4 Å². The number of likely N-dealkylation sites (tertiary alicyclic amines) is 1. The van der Waals surface area contributed by atoms with Gasteiger partial charge in [-0.2, -0.15) is 0 Å². The molecule has 2 fully saturated rings. The molecule has 0 aliphatic carbocycles.